The van der Waals surface area contributed by atoms with Gasteiger partial charge in [-0.1, -0.05) is 13.0 Å². The van der Waals surface area contributed by atoms with Crippen LogP contribution in [-0.2, 0) is 4.79 Å². The van der Waals surface area contributed by atoms with Crippen molar-refractivity contribution in [3.05, 3.63) is 46.7 Å². The smallest absolute Gasteiger partial charge is 0.264 e. The summed E-state index contributed by atoms with van der Waals surface area (Å²) in [6.07, 6.45) is 2.35. The lowest BCUT2D eigenvalue weighted by molar-refractivity contribution is -0.119. The maximum atomic E-state index is 12.4. The van der Waals surface area contributed by atoms with Gasteiger partial charge in [0, 0.05) is 43.5 Å². The van der Waals surface area contributed by atoms with Crippen molar-refractivity contribution in [3.8, 4) is 0 Å². The van der Waals surface area contributed by atoms with E-state index in [2.05, 4.69) is 10.2 Å². The average molecular weight is 384 g/mol. The lowest BCUT2D eigenvalue weighted by atomic mass is 10.1. The number of carbonyl (C=O) groups is 2. The summed E-state index contributed by atoms with van der Waals surface area (Å²) in [4.78, 5) is 29.7. The first kappa shape index (κ1) is 18.0. The Morgan fingerprint density at radius 2 is 1.78 bits per heavy atom. The monoisotopic (exact) mass is 383 g/mol. The highest BCUT2D eigenvalue weighted by Gasteiger charge is 2.32. The van der Waals surface area contributed by atoms with E-state index in [1.165, 1.54) is 24.2 Å². The Balaban J connectivity index is 1.31. The fraction of sp³-hybridized carbons (Fsp3) is 0.429. The van der Waals surface area contributed by atoms with Gasteiger partial charge in [0.1, 0.15) is 0 Å². The number of hydrogen-bond acceptors (Lipinski definition) is 4. The summed E-state index contributed by atoms with van der Waals surface area (Å²) in [7, 11) is 0. The van der Waals surface area contributed by atoms with Crippen LogP contribution in [0.5, 0.6) is 0 Å². The van der Waals surface area contributed by atoms with Gasteiger partial charge in [-0.3, -0.25) is 9.59 Å². The zero-order valence-electron chi connectivity index (χ0n) is 15.6. The quantitative estimate of drug-likeness (QED) is 0.857. The van der Waals surface area contributed by atoms with Gasteiger partial charge in [-0.15, -0.1) is 11.3 Å². The molecule has 1 unspecified atom stereocenters. The molecule has 2 aliphatic rings. The molecule has 0 radical (unpaired) electrons. The zero-order valence-corrected chi connectivity index (χ0v) is 16.4. The molecular formula is C21H25N3O2S. The second-order valence-electron chi connectivity index (χ2n) is 7.42. The second-order valence-corrected chi connectivity index (χ2v) is 8.37. The summed E-state index contributed by atoms with van der Waals surface area (Å²) in [5.41, 5.74) is 1.98. The Labute approximate surface area is 164 Å². The van der Waals surface area contributed by atoms with Gasteiger partial charge < -0.3 is 15.1 Å². The van der Waals surface area contributed by atoms with Crippen molar-refractivity contribution in [1.82, 2.24) is 4.90 Å². The van der Waals surface area contributed by atoms with Gasteiger partial charge in [0.15, 0.2) is 0 Å². The van der Waals surface area contributed by atoms with Crippen molar-refractivity contribution < 1.29 is 9.59 Å². The van der Waals surface area contributed by atoms with E-state index in [0.717, 1.165) is 42.4 Å². The van der Waals surface area contributed by atoms with E-state index < -0.39 is 0 Å². The molecule has 27 heavy (non-hydrogen) atoms. The predicted molar refractivity (Wildman–Crippen MR) is 109 cm³/mol. The van der Waals surface area contributed by atoms with E-state index in [4.69, 9.17) is 0 Å². The van der Waals surface area contributed by atoms with E-state index in [-0.39, 0.29) is 17.7 Å². The number of nitrogens with zero attached hydrogens (tertiary/aromatic N) is 2. The fourth-order valence-electron chi connectivity index (χ4n) is 3.55. The van der Waals surface area contributed by atoms with Crippen LogP contribution in [0.2, 0.25) is 0 Å². The molecule has 5 nitrogen and oxygen atoms in total. The minimum Gasteiger partial charge on any atom is -0.368 e. The number of benzene rings is 1. The van der Waals surface area contributed by atoms with Crippen molar-refractivity contribution in [3.63, 3.8) is 0 Å². The Morgan fingerprint density at radius 3 is 2.37 bits per heavy atom. The lowest BCUT2D eigenvalue weighted by Crippen LogP contribution is -2.48. The number of amides is 2. The highest BCUT2D eigenvalue weighted by molar-refractivity contribution is 7.12. The van der Waals surface area contributed by atoms with E-state index >= 15 is 0 Å². The van der Waals surface area contributed by atoms with Gasteiger partial charge in [0.25, 0.3) is 5.91 Å². The number of anilines is 2. The number of piperazine rings is 1. The Hall–Kier alpha value is -2.34. The molecule has 2 fully saturated rings. The molecule has 1 aliphatic carbocycles. The molecule has 2 aromatic rings. The predicted octanol–water partition coefficient (Wildman–Crippen LogP) is 3.70. The average Bonchev–Trinajstić information content (AvgIpc) is 3.41. The topological polar surface area (TPSA) is 52.7 Å². The first-order valence-corrected chi connectivity index (χ1v) is 10.5. The van der Waals surface area contributed by atoms with Crippen molar-refractivity contribution >= 4 is 34.5 Å². The molecule has 1 aromatic heterocycles. The largest absolute Gasteiger partial charge is 0.368 e. The third kappa shape index (κ3) is 4.16. The van der Waals surface area contributed by atoms with E-state index in [1.807, 2.05) is 53.6 Å². The number of nitrogens with one attached hydrogen (secondary N) is 1. The maximum absolute atomic E-state index is 12.4. The van der Waals surface area contributed by atoms with Gasteiger partial charge in [-0.05, 0) is 54.5 Å². The Bertz CT molecular complexity index is 791. The van der Waals surface area contributed by atoms with Crippen LogP contribution in [0.15, 0.2) is 41.8 Å². The molecule has 0 bridgehead atoms. The molecule has 6 heteroatoms. The maximum Gasteiger partial charge on any atom is 0.264 e. The molecule has 1 saturated carbocycles. The number of rotatable bonds is 5. The Kier molecular flexibility index (Phi) is 5.16. The molecule has 1 aliphatic heterocycles. The molecule has 1 aromatic carbocycles. The SMILES string of the molecule is CC(C(=O)Nc1ccc(N2CCN(C(=O)c3cccs3)CC2)cc1)C1CC1. The first-order chi connectivity index (χ1) is 13.1. The number of thiophene rings is 1. The van der Waals surface area contributed by atoms with Gasteiger partial charge >= 0.3 is 0 Å². The second kappa shape index (κ2) is 7.72. The summed E-state index contributed by atoms with van der Waals surface area (Å²) >= 11 is 1.50. The number of hydrogen-bond donors (Lipinski definition) is 1. The van der Waals surface area contributed by atoms with Gasteiger partial charge in [-0.25, -0.2) is 0 Å². The summed E-state index contributed by atoms with van der Waals surface area (Å²) in [5, 5.41) is 4.96. The summed E-state index contributed by atoms with van der Waals surface area (Å²) in [6, 6.07) is 11.8. The third-order valence-electron chi connectivity index (χ3n) is 5.54. The van der Waals surface area contributed by atoms with Crippen LogP contribution in [0.25, 0.3) is 0 Å². The van der Waals surface area contributed by atoms with Crippen LogP contribution in [0.1, 0.15) is 29.4 Å². The van der Waals surface area contributed by atoms with E-state index in [0.29, 0.717) is 5.92 Å². The van der Waals surface area contributed by atoms with Crippen molar-refractivity contribution in [2.45, 2.75) is 19.8 Å². The fourth-order valence-corrected chi connectivity index (χ4v) is 4.24. The van der Waals surface area contributed by atoms with Gasteiger partial charge in [0.05, 0.1) is 4.88 Å². The van der Waals surface area contributed by atoms with E-state index in [9.17, 15) is 9.59 Å². The van der Waals surface area contributed by atoms with Crippen LogP contribution < -0.4 is 10.2 Å². The zero-order chi connectivity index (χ0) is 18.8. The summed E-state index contributed by atoms with van der Waals surface area (Å²) in [5.74, 6) is 0.912. The van der Waals surface area contributed by atoms with E-state index in [1.54, 1.807) is 0 Å². The summed E-state index contributed by atoms with van der Waals surface area (Å²) < 4.78 is 0. The Morgan fingerprint density at radius 1 is 1.07 bits per heavy atom. The van der Waals surface area contributed by atoms with Crippen LogP contribution in [0.3, 0.4) is 0 Å². The molecule has 142 valence electrons. The minimum atomic E-state index is 0.0960. The summed E-state index contributed by atoms with van der Waals surface area (Å²) in [6.45, 7) is 5.11. The van der Waals surface area contributed by atoms with Crippen LogP contribution >= 0.6 is 11.3 Å². The normalized spacial score (nSPS) is 18.3. The number of carbonyl (C=O) groups excluding carboxylic acids is 2. The molecule has 0 spiro atoms. The molecule has 2 amide bonds. The lowest BCUT2D eigenvalue weighted by Gasteiger charge is -2.36. The van der Waals surface area contributed by atoms with Gasteiger partial charge in [-0.2, -0.15) is 0 Å². The van der Waals surface area contributed by atoms with Crippen molar-refractivity contribution in [2.75, 3.05) is 36.4 Å². The van der Waals surface area contributed by atoms with Crippen LogP contribution in [0.4, 0.5) is 11.4 Å². The highest BCUT2D eigenvalue weighted by atomic mass is 32.1. The first-order valence-electron chi connectivity index (χ1n) is 9.60. The third-order valence-corrected chi connectivity index (χ3v) is 6.40. The van der Waals surface area contributed by atoms with Crippen molar-refractivity contribution in [1.29, 1.82) is 0 Å². The molecule has 2 heterocycles. The van der Waals surface area contributed by atoms with Crippen LogP contribution in [0, 0.1) is 11.8 Å². The molecule has 1 saturated heterocycles. The van der Waals surface area contributed by atoms with Gasteiger partial charge in [0.2, 0.25) is 5.91 Å². The molecule has 1 N–H and O–H groups in total. The van der Waals surface area contributed by atoms with Crippen LogP contribution in [-0.4, -0.2) is 42.9 Å². The molecule has 1 atom stereocenters. The van der Waals surface area contributed by atoms with Crippen molar-refractivity contribution in [2.24, 2.45) is 11.8 Å². The standard InChI is InChI=1S/C21H25N3O2S/c1-15(16-4-5-16)20(25)22-17-6-8-18(9-7-17)23-10-12-24(13-11-23)21(26)19-3-2-14-27-19/h2-3,6-9,14-16H,4-5,10-13H2,1H3,(H,22,25). The molecular weight excluding hydrogens is 358 g/mol. The highest BCUT2D eigenvalue weighted by Crippen LogP contribution is 2.37. The molecule has 4 rings (SSSR count). The minimum absolute atomic E-state index is 0.0960.